The summed E-state index contributed by atoms with van der Waals surface area (Å²) in [5, 5.41) is 5.69. The second-order valence-corrected chi connectivity index (χ2v) is 7.21. The fourth-order valence-electron chi connectivity index (χ4n) is 2.24. The zero-order valence-electron chi connectivity index (χ0n) is 16.6. The highest BCUT2D eigenvalue weighted by Crippen LogP contribution is 2.14. The molecule has 0 fully saturated rings. The third kappa shape index (κ3) is 8.19. The highest BCUT2D eigenvalue weighted by molar-refractivity contribution is 6.21. The first-order chi connectivity index (χ1) is 12.3. The van der Waals surface area contributed by atoms with Gasteiger partial charge in [0.1, 0.15) is 11.3 Å². The average Bonchev–Trinajstić information content (AvgIpc) is 2.59. The number of methoxy groups -OCH3 is 1. The molecule has 1 aromatic carbocycles. The molecular formula is C21H32N2O3. The van der Waals surface area contributed by atoms with Gasteiger partial charge in [0.2, 0.25) is 0 Å². The molecule has 0 radical (unpaired) electrons. The predicted molar refractivity (Wildman–Crippen MR) is 106 cm³/mol. The van der Waals surface area contributed by atoms with Crippen molar-refractivity contribution >= 4 is 17.9 Å². The molecule has 0 atom stereocenters. The molecule has 5 nitrogen and oxygen atoms in total. The normalized spacial score (nSPS) is 10.6. The van der Waals surface area contributed by atoms with Crippen molar-refractivity contribution in [3.05, 3.63) is 35.4 Å². The van der Waals surface area contributed by atoms with E-state index in [1.807, 2.05) is 12.1 Å². The summed E-state index contributed by atoms with van der Waals surface area (Å²) in [7, 11) is 1.60. The number of nitrogens with one attached hydrogen (secondary N) is 2. The second-order valence-electron chi connectivity index (χ2n) is 7.21. The Kier molecular flexibility index (Phi) is 9.48. The zero-order valence-corrected chi connectivity index (χ0v) is 16.6. The van der Waals surface area contributed by atoms with Gasteiger partial charge in [-0.2, -0.15) is 0 Å². The smallest absolute Gasteiger partial charge is 0.256 e. The first-order valence-electron chi connectivity index (χ1n) is 9.25. The van der Waals surface area contributed by atoms with Crippen molar-refractivity contribution in [1.29, 1.82) is 0 Å². The third-order valence-electron chi connectivity index (χ3n) is 3.93. The standard InChI is InChI=1S/C21H32N2O3/c1-15(2)10-12-22-20(24)19(21(25)23-13-11-16(3)4)14-17-6-8-18(26-5)9-7-17/h6-9,14-16H,10-13H2,1-5H3,(H,22,24)(H,23,25). The van der Waals surface area contributed by atoms with Gasteiger partial charge in [-0.15, -0.1) is 0 Å². The summed E-state index contributed by atoms with van der Waals surface area (Å²) in [6.45, 7) is 9.49. The number of amides is 2. The van der Waals surface area contributed by atoms with Crippen LogP contribution in [-0.4, -0.2) is 32.0 Å². The van der Waals surface area contributed by atoms with E-state index in [1.165, 1.54) is 0 Å². The van der Waals surface area contributed by atoms with Crippen molar-refractivity contribution in [2.45, 2.75) is 40.5 Å². The molecule has 0 saturated heterocycles. The molecule has 5 heteroatoms. The first-order valence-corrected chi connectivity index (χ1v) is 9.25. The van der Waals surface area contributed by atoms with Crippen LogP contribution in [0.3, 0.4) is 0 Å². The molecule has 0 heterocycles. The van der Waals surface area contributed by atoms with Crippen molar-refractivity contribution in [2.24, 2.45) is 11.8 Å². The average molecular weight is 360 g/mol. The Bertz CT molecular complexity index is 576. The van der Waals surface area contributed by atoms with E-state index in [9.17, 15) is 9.59 Å². The van der Waals surface area contributed by atoms with Crippen LogP contribution < -0.4 is 15.4 Å². The van der Waals surface area contributed by atoms with Crippen molar-refractivity contribution in [1.82, 2.24) is 10.6 Å². The summed E-state index contributed by atoms with van der Waals surface area (Å²) in [6, 6.07) is 7.25. The highest BCUT2D eigenvalue weighted by Gasteiger charge is 2.18. The van der Waals surface area contributed by atoms with Gasteiger partial charge in [0.05, 0.1) is 7.11 Å². The maximum absolute atomic E-state index is 12.5. The SMILES string of the molecule is COc1ccc(C=C(C(=O)NCCC(C)C)C(=O)NCCC(C)C)cc1. The summed E-state index contributed by atoms with van der Waals surface area (Å²) in [5.74, 6) is 1.02. The van der Waals surface area contributed by atoms with Gasteiger partial charge >= 0.3 is 0 Å². The van der Waals surface area contributed by atoms with Crippen LogP contribution in [-0.2, 0) is 9.59 Å². The summed E-state index contributed by atoms with van der Waals surface area (Å²) >= 11 is 0. The summed E-state index contributed by atoms with van der Waals surface area (Å²) in [5.41, 5.74) is 0.904. The maximum atomic E-state index is 12.5. The van der Waals surface area contributed by atoms with Gasteiger partial charge in [0.25, 0.3) is 11.8 Å². The van der Waals surface area contributed by atoms with E-state index < -0.39 is 0 Å². The highest BCUT2D eigenvalue weighted by atomic mass is 16.5. The quantitative estimate of drug-likeness (QED) is 0.382. The number of carbonyl (C=O) groups is 2. The van der Waals surface area contributed by atoms with Crippen molar-refractivity contribution < 1.29 is 14.3 Å². The number of hydrogen-bond acceptors (Lipinski definition) is 3. The van der Waals surface area contributed by atoms with Crippen LogP contribution in [0.15, 0.2) is 29.8 Å². The molecule has 26 heavy (non-hydrogen) atoms. The lowest BCUT2D eigenvalue weighted by Gasteiger charge is -2.12. The minimum atomic E-state index is -0.344. The molecule has 0 unspecified atom stereocenters. The van der Waals surface area contributed by atoms with Crippen LogP contribution in [0.25, 0.3) is 6.08 Å². The molecule has 0 aromatic heterocycles. The minimum Gasteiger partial charge on any atom is -0.497 e. The van der Waals surface area contributed by atoms with Crippen LogP contribution in [0.2, 0.25) is 0 Å². The van der Waals surface area contributed by atoms with E-state index in [-0.39, 0.29) is 17.4 Å². The first kappa shape index (κ1) is 21.7. The molecule has 2 amide bonds. The maximum Gasteiger partial charge on any atom is 0.256 e. The minimum absolute atomic E-state index is 0.127. The molecule has 144 valence electrons. The van der Waals surface area contributed by atoms with Gasteiger partial charge < -0.3 is 15.4 Å². The van der Waals surface area contributed by atoms with E-state index in [0.717, 1.165) is 24.2 Å². The fraction of sp³-hybridized carbons (Fsp3) is 0.524. The van der Waals surface area contributed by atoms with E-state index in [2.05, 4.69) is 38.3 Å². The monoisotopic (exact) mass is 360 g/mol. The molecule has 0 saturated carbocycles. The Hall–Kier alpha value is -2.30. The van der Waals surface area contributed by atoms with Gasteiger partial charge in [-0.05, 0) is 48.4 Å². The Labute approximate surface area is 157 Å². The van der Waals surface area contributed by atoms with Crippen LogP contribution in [0.4, 0.5) is 0 Å². The lowest BCUT2D eigenvalue weighted by Crippen LogP contribution is -2.36. The van der Waals surface area contributed by atoms with Crippen LogP contribution >= 0.6 is 0 Å². The molecule has 1 rings (SSSR count). The lowest BCUT2D eigenvalue weighted by atomic mass is 10.1. The van der Waals surface area contributed by atoms with Crippen LogP contribution in [0, 0.1) is 11.8 Å². The molecule has 0 aliphatic heterocycles. The largest absolute Gasteiger partial charge is 0.497 e. The van der Waals surface area contributed by atoms with Gasteiger partial charge in [-0.1, -0.05) is 39.8 Å². The Morgan fingerprint density at radius 1 is 0.923 bits per heavy atom. The van der Waals surface area contributed by atoms with Crippen LogP contribution in [0.5, 0.6) is 5.75 Å². The number of benzene rings is 1. The zero-order chi connectivity index (χ0) is 19.5. The van der Waals surface area contributed by atoms with Gasteiger partial charge in [-0.25, -0.2) is 0 Å². The number of carbonyl (C=O) groups excluding carboxylic acids is 2. The van der Waals surface area contributed by atoms with Crippen molar-refractivity contribution in [2.75, 3.05) is 20.2 Å². The summed E-state index contributed by atoms with van der Waals surface area (Å²) in [6.07, 6.45) is 3.36. The molecule has 0 spiro atoms. The Morgan fingerprint density at radius 3 is 1.77 bits per heavy atom. The van der Waals surface area contributed by atoms with E-state index in [0.29, 0.717) is 24.9 Å². The molecule has 2 N–H and O–H groups in total. The molecule has 1 aromatic rings. The fourth-order valence-corrected chi connectivity index (χ4v) is 2.24. The topological polar surface area (TPSA) is 67.4 Å². The second kappa shape index (κ2) is 11.3. The van der Waals surface area contributed by atoms with Gasteiger partial charge in [0.15, 0.2) is 0 Å². The number of ether oxygens (including phenoxy) is 1. The summed E-state index contributed by atoms with van der Waals surface area (Å²) in [4.78, 5) is 25.1. The van der Waals surface area contributed by atoms with Crippen LogP contribution in [0.1, 0.15) is 46.1 Å². The van der Waals surface area contributed by atoms with Gasteiger partial charge in [-0.3, -0.25) is 9.59 Å². The lowest BCUT2D eigenvalue weighted by molar-refractivity contribution is -0.123. The predicted octanol–water partition coefficient (Wildman–Crippen LogP) is 3.40. The molecule has 0 aliphatic carbocycles. The van der Waals surface area contributed by atoms with Gasteiger partial charge in [0, 0.05) is 13.1 Å². The molecule has 0 aliphatic rings. The van der Waals surface area contributed by atoms with Crippen molar-refractivity contribution in [3.63, 3.8) is 0 Å². The van der Waals surface area contributed by atoms with Crippen molar-refractivity contribution in [3.8, 4) is 5.75 Å². The number of rotatable bonds is 10. The Balaban J connectivity index is 2.89. The molecular weight excluding hydrogens is 328 g/mol. The van der Waals surface area contributed by atoms with E-state index >= 15 is 0 Å². The van der Waals surface area contributed by atoms with E-state index in [1.54, 1.807) is 25.3 Å². The third-order valence-corrected chi connectivity index (χ3v) is 3.93. The summed E-state index contributed by atoms with van der Waals surface area (Å²) < 4.78 is 5.14. The Morgan fingerprint density at radius 2 is 1.38 bits per heavy atom. The molecule has 0 bridgehead atoms. The van der Waals surface area contributed by atoms with E-state index in [4.69, 9.17) is 4.74 Å². The number of hydrogen-bond donors (Lipinski definition) is 2.